The van der Waals surface area contributed by atoms with Crippen LogP contribution in [0, 0.1) is 42.0 Å². The van der Waals surface area contributed by atoms with Gasteiger partial charge in [-0.05, 0) is 45.9 Å². The predicted octanol–water partition coefficient (Wildman–Crippen LogP) is 5.91. The number of aryl methyl sites for hydroxylation is 1. The number of rotatable bonds is 9. The van der Waals surface area contributed by atoms with Gasteiger partial charge < -0.3 is 16.1 Å². The molecule has 0 radical (unpaired) electrons. The number of pyridine rings is 2. The molecule has 0 amide bonds. The number of benzene rings is 1. The lowest BCUT2D eigenvalue weighted by molar-refractivity contribution is -0.206. The minimum atomic E-state index is -4.52. The van der Waals surface area contributed by atoms with Crippen LogP contribution < -0.4 is 21.6 Å². The molecule has 0 saturated heterocycles. The summed E-state index contributed by atoms with van der Waals surface area (Å²) in [4.78, 5) is 8.10. The van der Waals surface area contributed by atoms with Crippen LogP contribution in [-0.4, -0.2) is 40.4 Å². The predicted molar refractivity (Wildman–Crippen MR) is 150 cm³/mol. The Hall–Kier alpha value is -4.69. The van der Waals surface area contributed by atoms with Crippen LogP contribution in [0.5, 0.6) is 0 Å². The Morgan fingerprint density at radius 3 is 2.49 bits per heavy atom. The Balaban J connectivity index is 1.87. The van der Waals surface area contributed by atoms with Gasteiger partial charge in [-0.2, -0.15) is 27.2 Å². The van der Waals surface area contributed by atoms with E-state index in [4.69, 9.17) is 6.42 Å². The molecule has 0 saturated carbocycles. The minimum Gasteiger partial charge on any atom is -0.383 e. The standard InChI is InChI=1S/C29H28F6N8/c1-6-17-13-37-24-18(12-36)9-19(10-21(24)23(17)38-14-28(4,5)29(33,34)35)40-25(20-7-8-22(31)39-16(20)3)26-27(32)43(42-41-26)15(2)11-30/h1,7-10,13,15,25,40-42H,11,14H2,2-5H3,(H,37,38)/t15-,25-/m0/s1. The fraction of sp³-hybridized carbons (Fsp3) is 0.345. The number of halogens is 6. The molecule has 0 spiro atoms. The van der Waals surface area contributed by atoms with E-state index in [1.165, 1.54) is 38.2 Å². The van der Waals surface area contributed by atoms with Crippen LogP contribution in [0.2, 0.25) is 0 Å². The summed E-state index contributed by atoms with van der Waals surface area (Å²) in [5, 5.41) is 17.0. The first-order valence-corrected chi connectivity index (χ1v) is 13.0. The monoisotopic (exact) mass is 602 g/mol. The molecule has 14 heteroatoms. The van der Waals surface area contributed by atoms with Gasteiger partial charge in [0.25, 0.3) is 0 Å². The molecule has 1 aliphatic rings. The lowest BCUT2D eigenvalue weighted by Gasteiger charge is -2.29. The second-order valence-corrected chi connectivity index (χ2v) is 10.7. The van der Waals surface area contributed by atoms with Gasteiger partial charge in [0.15, 0.2) is 0 Å². The number of fused-ring (bicyclic) bond motifs is 1. The van der Waals surface area contributed by atoms with Crippen LogP contribution in [0.25, 0.3) is 10.9 Å². The molecular weight excluding hydrogens is 574 g/mol. The fourth-order valence-electron chi connectivity index (χ4n) is 4.41. The van der Waals surface area contributed by atoms with Gasteiger partial charge in [0.1, 0.15) is 18.4 Å². The zero-order valence-corrected chi connectivity index (χ0v) is 23.6. The average Bonchev–Trinajstić information content (AvgIpc) is 3.34. The van der Waals surface area contributed by atoms with E-state index in [2.05, 4.69) is 37.5 Å². The Morgan fingerprint density at radius 2 is 1.88 bits per heavy atom. The summed E-state index contributed by atoms with van der Waals surface area (Å²) in [6.07, 6.45) is 2.40. The molecule has 2 atom stereocenters. The van der Waals surface area contributed by atoms with Crippen molar-refractivity contribution in [3.63, 3.8) is 0 Å². The topological polar surface area (TPSA) is 101 Å². The van der Waals surface area contributed by atoms with E-state index in [0.29, 0.717) is 5.56 Å². The number of nitrogens with zero attached hydrogens (tertiary/aromatic N) is 4. The number of alkyl halides is 4. The Morgan fingerprint density at radius 1 is 1.16 bits per heavy atom. The van der Waals surface area contributed by atoms with Gasteiger partial charge in [0, 0.05) is 35.1 Å². The van der Waals surface area contributed by atoms with E-state index in [1.54, 1.807) is 0 Å². The van der Waals surface area contributed by atoms with Gasteiger partial charge in [-0.15, -0.1) is 12.0 Å². The summed E-state index contributed by atoms with van der Waals surface area (Å²) in [5.74, 6) is 0.798. The van der Waals surface area contributed by atoms with Crippen molar-refractivity contribution in [3.05, 3.63) is 70.4 Å². The quantitative estimate of drug-likeness (QED) is 0.104. The maximum Gasteiger partial charge on any atom is 0.395 e. The molecule has 0 aliphatic carbocycles. The third-order valence-corrected chi connectivity index (χ3v) is 7.13. The number of terminal acetylenes is 1. The molecule has 0 bridgehead atoms. The summed E-state index contributed by atoms with van der Waals surface area (Å²) >= 11 is 0. The first kappa shape index (κ1) is 31.3. The zero-order chi connectivity index (χ0) is 31.7. The lowest BCUT2D eigenvalue weighted by atomic mass is 9.92. The molecule has 3 heterocycles. The molecule has 0 unspecified atom stereocenters. The Labute approximate surface area is 244 Å². The van der Waals surface area contributed by atoms with Gasteiger partial charge in [0.2, 0.25) is 11.9 Å². The number of nitrogens with one attached hydrogen (secondary N) is 4. The van der Waals surface area contributed by atoms with Crippen LogP contribution in [0.4, 0.5) is 37.7 Å². The third-order valence-electron chi connectivity index (χ3n) is 7.13. The van der Waals surface area contributed by atoms with Crippen LogP contribution in [-0.2, 0) is 0 Å². The normalized spacial score (nSPS) is 15.1. The van der Waals surface area contributed by atoms with E-state index in [9.17, 15) is 27.2 Å². The highest BCUT2D eigenvalue weighted by Crippen LogP contribution is 2.40. The van der Waals surface area contributed by atoms with Crippen LogP contribution in [0.15, 0.2) is 42.1 Å². The number of anilines is 2. The highest BCUT2D eigenvalue weighted by molar-refractivity contribution is 5.99. The van der Waals surface area contributed by atoms with Crippen molar-refractivity contribution in [3.8, 4) is 18.4 Å². The van der Waals surface area contributed by atoms with Crippen molar-refractivity contribution in [2.24, 2.45) is 5.41 Å². The Bertz CT molecular complexity index is 1650. The molecule has 1 aliphatic heterocycles. The number of nitriles is 1. The van der Waals surface area contributed by atoms with Crippen molar-refractivity contribution < 1.29 is 26.3 Å². The Kier molecular flexibility index (Phi) is 8.64. The smallest absolute Gasteiger partial charge is 0.383 e. The van der Waals surface area contributed by atoms with E-state index in [1.807, 2.05) is 6.07 Å². The highest BCUT2D eigenvalue weighted by atomic mass is 19.4. The van der Waals surface area contributed by atoms with Crippen molar-refractivity contribution in [2.75, 3.05) is 23.9 Å². The van der Waals surface area contributed by atoms with Gasteiger partial charge in [-0.25, -0.2) is 9.37 Å². The van der Waals surface area contributed by atoms with E-state index in [-0.39, 0.29) is 44.8 Å². The molecule has 1 aromatic carbocycles. The van der Waals surface area contributed by atoms with Crippen molar-refractivity contribution in [1.29, 1.82) is 5.26 Å². The van der Waals surface area contributed by atoms with Crippen LogP contribution >= 0.6 is 0 Å². The second kappa shape index (κ2) is 11.9. The number of aromatic nitrogens is 2. The van der Waals surface area contributed by atoms with Crippen molar-refractivity contribution in [1.82, 2.24) is 25.9 Å². The van der Waals surface area contributed by atoms with Gasteiger partial charge in [0.05, 0.1) is 39.8 Å². The summed E-state index contributed by atoms with van der Waals surface area (Å²) in [7, 11) is 0. The minimum absolute atomic E-state index is 0.0500. The van der Waals surface area contributed by atoms with Gasteiger partial charge in [-0.3, -0.25) is 9.99 Å². The number of hydrogen-bond acceptors (Lipinski definition) is 8. The first-order chi connectivity index (χ1) is 20.2. The van der Waals surface area contributed by atoms with Gasteiger partial charge >= 0.3 is 6.18 Å². The van der Waals surface area contributed by atoms with Crippen LogP contribution in [0.1, 0.15) is 49.2 Å². The second-order valence-electron chi connectivity index (χ2n) is 10.7. The highest BCUT2D eigenvalue weighted by Gasteiger charge is 2.47. The average molecular weight is 603 g/mol. The molecule has 2 aromatic heterocycles. The maximum atomic E-state index is 15.6. The molecule has 3 aromatic rings. The SMILES string of the molecule is C#Cc1cnc2c(C#N)cc(N[C@H](C3=C(F)N([C@@H](C)CF)NN3)c3ccc(F)nc3C)cc2c1NCC(C)(C)C(F)(F)F. The fourth-order valence-corrected chi connectivity index (χ4v) is 4.41. The molecule has 0 fully saturated rings. The first-order valence-electron chi connectivity index (χ1n) is 13.0. The molecular formula is C29H28F6N8. The summed E-state index contributed by atoms with van der Waals surface area (Å²) in [6, 6.07) is 5.49. The van der Waals surface area contributed by atoms with Crippen molar-refractivity contribution in [2.45, 2.75) is 46.0 Å². The van der Waals surface area contributed by atoms with Crippen LogP contribution in [0.3, 0.4) is 0 Å². The zero-order valence-electron chi connectivity index (χ0n) is 23.6. The number of hydrogen-bond donors (Lipinski definition) is 4. The lowest BCUT2D eigenvalue weighted by Crippen LogP contribution is -2.44. The van der Waals surface area contributed by atoms with E-state index in [0.717, 1.165) is 24.9 Å². The molecule has 8 nitrogen and oxygen atoms in total. The molecule has 226 valence electrons. The third kappa shape index (κ3) is 6.10. The summed E-state index contributed by atoms with van der Waals surface area (Å²) in [6.45, 7) is 3.64. The summed E-state index contributed by atoms with van der Waals surface area (Å²) < 4.78 is 83.7. The molecule has 43 heavy (non-hydrogen) atoms. The number of hydrazine groups is 2. The molecule has 4 N–H and O–H groups in total. The van der Waals surface area contributed by atoms with Gasteiger partial charge in [-0.1, -0.05) is 12.0 Å². The van der Waals surface area contributed by atoms with E-state index >= 15 is 4.39 Å². The maximum absolute atomic E-state index is 15.6. The van der Waals surface area contributed by atoms with Crippen molar-refractivity contribution >= 4 is 22.3 Å². The summed E-state index contributed by atoms with van der Waals surface area (Å²) in [5.41, 5.74) is 4.35. The largest absolute Gasteiger partial charge is 0.395 e. The molecule has 4 rings (SSSR count). The van der Waals surface area contributed by atoms with E-state index < -0.39 is 48.8 Å².